The lowest BCUT2D eigenvalue weighted by molar-refractivity contribution is 0.470. The van der Waals surface area contributed by atoms with Crippen molar-refractivity contribution in [2.45, 2.75) is 25.7 Å². The van der Waals surface area contributed by atoms with Crippen LogP contribution in [0.5, 0.6) is 5.75 Å². The molecule has 0 amide bonds. The molecule has 0 unspecified atom stereocenters. The number of phenolic OH excluding ortho intramolecular Hbond substituents is 1. The van der Waals surface area contributed by atoms with Gasteiger partial charge >= 0.3 is 0 Å². The Balaban J connectivity index is 2.58. The first-order valence-corrected chi connectivity index (χ1v) is 8.64. The summed E-state index contributed by atoms with van der Waals surface area (Å²) >= 11 is 0. The summed E-state index contributed by atoms with van der Waals surface area (Å²) in [5.41, 5.74) is 0.965. The molecule has 0 spiro atoms. The number of anilines is 1. The third-order valence-corrected chi connectivity index (χ3v) is 5.14. The minimum Gasteiger partial charge on any atom is -0.505 e. The minimum atomic E-state index is -3.72. The molecule has 0 atom stereocenters. The summed E-state index contributed by atoms with van der Waals surface area (Å²) in [5.74, 6) is 0.126. The van der Waals surface area contributed by atoms with Crippen molar-refractivity contribution in [2.24, 2.45) is 5.92 Å². The van der Waals surface area contributed by atoms with Gasteiger partial charge in [-0.25, -0.2) is 8.42 Å². The van der Waals surface area contributed by atoms with E-state index in [0.29, 0.717) is 17.8 Å². The lowest BCUT2D eigenvalue weighted by Crippen LogP contribution is -2.34. The van der Waals surface area contributed by atoms with Crippen LogP contribution in [0.4, 0.5) is 5.69 Å². The standard InChI is InChI=1S/C17H21NO3S/c1-13(2)12-18(16-11-7-8-14(3)17(16)19)22(20,21)15-9-5-4-6-10-15/h4-11,13,19H,12H2,1-3H3. The predicted octanol–water partition coefficient (Wildman–Crippen LogP) is 3.55. The van der Waals surface area contributed by atoms with Crippen LogP contribution in [0.2, 0.25) is 0 Å². The Bertz CT molecular complexity index is 740. The molecular weight excluding hydrogens is 298 g/mol. The molecule has 1 N–H and O–H groups in total. The zero-order chi connectivity index (χ0) is 16.3. The van der Waals surface area contributed by atoms with Crippen molar-refractivity contribution in [3.8, 4) is 5.75 Å². The van der Waals surface area contributed by atoms with Gasteiger partial charge in [-0.15, -0.1) is 0 Å². The Morgan fingerprint density at radius 2 is 1.68 bits per heavy atom. The van der Waals surface area contributed by atoms with Gasteiger partial charge in [0.2, 0.25) is 0 Å². The maximum atomic E-state index is 12.9. The average Bonchev–Trinajstić information content (AvgIpc) is 2.48. The highest BCUT2D eigenvalue weighted by Crippen LogP contribution is 2.34. The van der Waals surface area contributed by atoms with Gasteiger partial charge in [0.05, 0.1) is 10.6 Å². The fraction of sp³-hybridized carbons (Fsp3) is 0.294. The number of sulfonamides is 1. The fourth-order valence-corrected chi connectivity index (χ4v) is 3.88. The molecule has 0 bridgehead atoms. The average molecular weight is 319 g/mol. The van der Waals surface area contributed by atoms with E-state index in [4.69, 9.17) is 0 Å². The summed E-state index contributed by atoms with van der Waals surface area (Å²) in [5, 5.41) is 10.3. The SMILES string of the molecule is Cc1cccc(N(CC(C)C)S(=O)(=O)c2ccccc2)c1O. The molecule has 2 aromatic rings. The van der Waals surface area contributed by atoms with Gasteiger partial charge in [0.25, 0.3) is 10.0 Å². The Kier molecular flexibility index (Phi) is 4.76. The quantitative estimate of drug-likeness (QED) is 0.917. The van der Waals surface area contributed by atoms with Crippen molar-refractivity contribution in [3.63, 3.8) is 0 Å². The number of rotatable bonds is 5. The third kappa shape index (κ3) is 3.25. The number of benzene rings is 2. The highest BCUT2D eigenvalue weighted by Gasteiger charge is 2.27. The highest BCUT2D eigenvalue weighted by atomic mass is 32.2. The molecule has 0 radical (unpaired) electrons. The maximum Gasteiger partial charge on any atom is 0.264 e. The molecule has 0 heterocycles. The molecule has 0 saturated carbocycles. The van der Waals surface area contributed by atoms with Crippen molar-refractivity contribution in [1.29, 1.82) is 0 Å². The molecule has 0 aliphatic rings. The van der Waals surface area contributed by atoms with Crippen LogP contribution >= 0.6 is 0 Å². The second-order valence-electron chi connectivity index (χ2n) is 5.69. The lowest BCUT2D eigenvalue weighted by Gasteiger charge is -2.27. The number of aryl methyl sites for hydroxylation is 1. The van der Waals surface area contributed by atoms with E-state index >= 15 is 0 Å². The van der Waals surface area contributed by atoms with E-state index in [1.807, 2.05) is 13.8 Å². The van der Waals surface area contributed by atoms with E-state index in [1.54, 1.807) is 55.5 Å². The Hall–Kier alpha value is -2.01. The molecule has 0 aliphatic carbocycles. The molecule has 22 heavy (non-hydrogen) atoms. The van der Waals surface area contributed by atoms with Crippen LogP contribution < -0.4 is 4.31 Å². The zero-order valence-electron chi connectivity index (χ0n) is 13.0. The van der Waals surface area contributed by atoms with Crippen LogP contribution in [-0.2, 0) is 10.0 Å². The van der Waals surface area contributed by atoms with Crippen molar-refractivity contribution >= 4 is 15.7 Å². The van der Waals surface area contributed by atoms with Gasteiger partial charge in [0.15, 0.2) is 0 Å². The molecule has 2 aromatic carbocycles. The van der Waals surface area contributed by atoms with Crippen molar-refractivity contribution < 1.29 is 13.5 Å². The Morgan fingerprint density at radius 1 is 1.05 bits per heavy atom. The summed E-state index contributed by atoms with van der Waals surface area (Å²) < 4.78 is 27.2. The van der Waals surface area contributed by atoms with Gasteiger partial charge in [0.1, 0.15) is 5.75 Å². The summed E-state index contributed by atoms with van der Waals surface area (Å²) in [6, 6.07) is 13.4. The van der Waals surface area contributed by atoms with Crippen LogP contribution in [0, 0.1) is 12.8 Å². The normalized spacial score (nSPS) is 11.6. The van der Waals surface area contributed by atoms with Crippen molar-refractivity contribution in [1.82, 2.24) is 0 Å². The van der Waals surface area contributed by atoms with Crippen LogP contribution in [0.3, 0.4) is 0 Å². The monoisotopic (exact) mass is 319 g/mol. The van der Waals surface area contributed by atoms with Gasteiger partial charge in [-0.2, -0.15) is 0 Å². The van der Waals surface area contributed by atoms with E-state index in [9.17, 15) is 13.5 Å². The zero-order valence-corrected chi connectivity index (χ0v) is 13.8. The first-order chi connectivity index (χ1) is 10.3. The molecule has 4 nitrogen and oxygen atoms in total. The van der Waals surface area contributed by atoms with E-state index in [2.05, 4.69) is 0 Å². The molecule has 118 valence electrons. The van der Waals surface area contributed by atoms with E-state index < -0.39 is 10.0 Å². The van der Waals surface area contributed by atoms with Gasteiger partial charge in [0, 0.05) is 6.54 Å². The van der Waals surface area contributed by atoms with Gasteiger partial charge in [-0.3, -0.25) is 4.31 Å². The smallest absolute Gasteiger partial charge is 0.264 e. The molecule has 0 fully saturated rings. The first kappa shape index (κ1) is 16.4. The van der Waals surface area contributed by atoms with Gasteiger partial charge in [-0.1, -0.05) is 44.2 Å². The summed E-state index contributed by atoms with van der Waals surface area (Å²) in [7, 11) is -3.72. The van der Waals surface area contributed by atoms with Crippen LogP contribution in [0.15, 0.2) is 53.4 Å². The minimum absolute atomic E-state index is 0.00246. The van der Waals surface area contributed by atoms with E-state index in [0.717, 1.165) is 0 Å². The Labute approximate surface area is 132 Å². The number of hydrogen-bond donors (Lipinski definition) is 1. The van der Waals surface area contributed by atoms with Gasteiger partial charge in [-0.05, 0) is 36.6 Å². The van der Waals surface area contributed by atoms with E-state index in [-0.39, 0.29) is 16.6 Å². The molecule has 0 aliphatic heterocycles. The number of nitrogens with zero attached hydrogens (tertiary/aromatic N) is 1. The number of hydrogen-bond acceptors (Lipinski definition) is 3. The number of phenols is 1. The van der Waals surface area contributed by atoms with Crippen LogP contribution in [0.1, 0.15) is 19.4 Å². The maximum absolute atomic E-state index is 12.9. The fourth-order valence-electron chi connectivity index (χ4n) is 2.22. The lowest BCUT2D eigenvalue weighted by atomic mass is 10.1. The first-order valence-electron chi connectivity index (χ1n) is 7.20. The summed E-state index contributed by atoms with van der Waals surface area (Å²) in [6.07, 6.45) is 0. The van der Waals surface area contributed by atoms with Crippen LogP contribution in [-0.4, -0.2) is 20.1 Å². The summed E-state index contributed by atoms with van der Waals surface area (Å²) in [6.45, 7) is 5.94. The molecule has 0 aromatic heterocycles. The summed E-state index contributed by atoms with van der Waals surface area (Å²) in [4.78, 5) is 0.219. The third-order valence-electron chi connectivity index (χ3n) is 3.35. The second kappa shape index (κ2) is 6.40. The highest BCUT2D eigenvalue weighted by molar-refractivity contribution is 7.92. The van der Waals surface area contributed by atoms with Crippen molar-refractivity contribution in [2.75, 3.05) is 10.8 Å². The number of aromatic hydroxyl groups is 1. The molecular formula is C17H21NO3S. The molecule has 0 saturated heterocycles. The Morgan fingerprint density at radius 3 is 2.27 bits per heavy atom. The topological polar surface area (TPSA) is 57.6 Å². The largest absolute Gasteiger partial charge is 0.505 e. The number of para-hydroxylation sites is 1. The van der Waals surface area contributed by atoms with Gasteiger partial charge < -0.3 is 5.11 Å². The molecule has 2 rings (SSSR count). The van der Waals surface area contributed by atoms with E-state index in [1.165, 1.54) is 4.31 Å². The molecule has 5 heteroatoms. The van der Waals surface area contributed by atoms with Crippen molar-refractivity contribution in [3.05, 3.63) is 54.1 Å². The second-order valence-corrected chi connectivity index (χ2v) is 7.55. The van der Waals surface area contributed by atoms with Crippen LogP contribution in [0.25, 0.3) is 0 Å². The predicted molar refractivity (Wildman–Crippen MR) is 88.7 cm³/mol.